The zero-order valence-electron chi connectivity index (χ0n) is 17.9. The number of nitrogens with one attached hydrogen (secondary N) is 2. The minimum absolute atomic E-state index is 0.0497. The second kappa shape index (κ2) is 10.2. The van der Waals surface area contributed by atoms with E-state index >= 15 is 0 Å². The van der Waals surface area contributed by atoms with Crippen molar-refractivity contribution in [3.8, 4) is 0 Å². The third-order valence-corrected chi connectivity index (χ3v) is 6.96. The Hall–Kier alpha value is -2.82. The lowest BCUT2D eigenvalue weighted by molar-refractivity contribution is -0.118. The SMILES string of the molecule is CC(C)[C@@H](NC(=O)c1ccccc1F)C(=O)Nc1cccc(S(=O)(=O)N2CCOCC2)c1. The number of hydrogen-bond donors (Lipinski definition) is 2. The highest BCUT2D eigenvalue weighted by Crippen LogP contribution is 2.21. The molecule has 32 heavy (non-hydrogen) atoms. The third-order valence-electron chi connectivity index (χ3n) is 5.06. The van der Waals surface area contributed by atoms with Gasteiger partial charge in [-0.2, -0.15) is 4.31 Å². The predicted octanol–water partition coefficient (Wildman–Crippen LogP) is 2.24. The number of carbonyl (C=O) groups excluding carboxylic acids is 2. The van der Waals surface area contributed by atoms with Gasteiger partial charge in [-0.05, 0) is 36.2 Å². The van der Waals surface area contributed by atoms with Crippen molar-refractivity contribution in [2.75, 3.05) is 31.6 Å². The van der Waals surface area contributed by atoms with E-state index in [1.165, 1.54) is 46.8 Å². The summed E-state index contributed by atoms with van der Waals surface area (Å²) in [5.74, 6) is -2.23. The molecule has 0 aliphatic carbocycles. The van der Waals surface area contributed by atoms with Crippen LogP contribution in [0.4, 0.5) is 10.1 Å². The van der Waals surface area contributed by atoms with Crippen LogP contribution in [0.25, 0.3) is 0 Å². The average Bonchev–Trinajstić information content (AvgIpc) is 2.78. The van der Waals surface area contributed by atoms with Crippen LogP contribution in [-0.4, -0.2) is 56.9 Å². The minimum atomic E-state index is -3.73. The number of hydrogen-bond acceptors (Lipinski definition) is 5. The molecule has 2 aromatic carbocycles. The van der Waals surface area contributed by atoms with Crippen molar-refractivity contribution in [2.45, 2.75) is 24.8 Å². The Morgan fingerprint density at radius 3 is 2.41 bits per heavy atom. The molecule has 0 radical (unpaired) electrons. The van der Waals surface area contributed by atoms with E-state index in [1.807, 2.05) is 0 Å². The van der Waals surface area contributed by atoms with Crippen LogP contribution in [0.1, 0.15) is 24.2 Å². The highest BCUT2D eigenvalue weighted by atomic mass is 32.2. The van der Waals surface area contributed by atoms with Crippen molar-refractivity contribution < 1.29 is 27.1 Å². The number of morpholine rings is 1. The molecule has 0 bridgehead atoms. The van der Waals surface area contributed by atoms with Gasteiger partial charge in [0.05, 0.1) is 23.7 Å². The Kier molecular flexibility index (Phi) is 7.60. The first kappa shape index (κ1) is 23.8. The molecule has 8 nitrogen and oxygen atoms in total. The lowest BCUT2D eigenvalue weighted by Gasteiger charge is -2.26. The molecule has 2 aromatic rings. The highest BCUT2D eigenvalue weighted by molar-refractivity contribution is 7.89. The Morgan fingerprint density at radius 1 is 1.06 bits per heavy atom. The number of amides is 2. The zero-order valence-corrected chi connectivity index (χ0v) is 18.7. The Balaban J connectivity index is 1.75. The predicted molar refractivity (Wildman–Crippen MR) is 117 cm³/mol. The molecule has 1 aliphatic heterocycles. The highest BCUT2D eigenvalue weighted by Gasteiger charge is 2.28. The van der Waals surface area contributed by atoms with Gasteiger partial charge in [-0.3, -0.25) is 9.59 Å². The molecule has 2 amide bonds. The molecule has 1 aliphatic rings. The van der Waals surface area contributed by atoms with Gasteiger partial charge in [0.2, 0.25) is 15.9 Å². The number of anilines is 1. The van der Waals surface area contributed by atoms with Crippen molar-refractivity contribution in [2.24, 2.45) is 5.92 Å². The molecule has 0 spiro atoms. The van der Waals surface area contributed by atoms with Crippen molar-refractivity contribution >= 4 is 27.5 Å². The molecule has 2 N–H and O–H groups in total. The zero-order chi connectivity index (χ0) is 23.3. The van der Waals surface area contributed by atoms with Gasteiger partial charge in [0.15, 0.2) is 0 Å². The summed E-state index contributed by atoms with van der Waals surface area (Å²) in [4.78, 5) is 25.4. The lowest BCUT2D eigenvalue weighted by Crippen LogP contribution is -2.47. The van der Waals surface area contributed by atoms with Crippen LogP contribution in [0.5, 0.6) is 0 Å². The first-order valence-electron chi connectivity index (χ1n) is 10.2. The summed E-state index contributed by atoms with van der Waals surface area (Å²) in [6, 6.07) is 10.5. The van der Waals surface area contributed by atoms with Gasteiger partial charge < -0.3 is 15.4 Å². The number of sulfonamides is 1. The Morgan fingerprint density at radius 2 is 1.75 bits per heavy atom. The molecule has 172 valence electrons. The van der Waals surface area contributed by atoms with Gasteiger partial charge >= 0.3 is 0 Å². The second-order valence-corrected chi connectivity index (χ2v) is 9.65. The maximum absolute atomic E-state index is 13.9. The molecule has 1 saturated heterocycles. The average molecular weight is 464 g/mol. The second-order valence-electron chi connectivity index (χ2n) is 7.71. The molecular formula is C22H26FN3O5S. The fourth-order valence-electron chi connectivity index (χ4n) is 3.29. The number of rotatable bonds is 7. The van der Waals surface area contributed by atoms with Gasteiger partial charge in [0.25, 0.3) is 5.91 Å². The molecule has 1 atom stereocenters. The van der Waals surface area contributed by atoms with Crippen molar-refractivity contribution in [3.05, 3.63) is 59.9 Å². The van der Waals surface area contributed by atoms with Gasteiger partial charge in [0.1, 0.15) is 11.9 Å². The van der Waals surface area contributed by atoms with Gasteiger partial charge in [0, 0.05) is 18.8 Å². The van der Waals surface area contributed by atoms with Gasteiger partial charge in [-0.15, -0.1) is 0 Å². The standard InChI is InChI=1S/C22H26FN3O5S/c1-15(2)20(25-21(27)18-8-3-4-9-19(18)23)22(28)24-16-6-5-7-17(14-16)32(29,30)26-10-12-31-13-11-26/h3-9,14-15,20H,10-13H2,1-2H3,(H,24,28)(H,25,27)/t20-/m1/s1. The lowest BCUT2D eigenvalue weighted by atomic mass is 10.0. The minimum Gasteiger partial charge on any atom is -0.379 e. The van der Waals surface area contributed by atoms with E-state index in [0.717, 1.165) is 0 Å². The van der Waals surface area contributed by atoms with E-state index in [4.69, 9.17) is 4.74 Å². The van der Waals surface area contributed by atoms with Crippen LogP contribution in [-0.2, 0) is 19.6 Å². The van der Waals surface area contributed by atoms with E-state index in [1.54, 1.807) is 19.9 Å². The van der Waals surface area contributed by atoms with Crippen LogP contribution in [0, 0.1) is 11.7 Å². The number of benzene rings is 2. The van der Waals surface area contributed by atoms with Crippen LogP contribution in [0.3, 0.4) is 0 Å². The summed E-state index contributed by atoms with van der Waals surface area (Å²) >= 11 is 0. The quantitative estimate of drug-likeness (QED) is 0.655. The van der Waals surface area contributed by atoms with Crippen LogP contribution < -0.4 is 10.6 Å². The van der Waals surface area contributed by atoms with Crippen molar-refractivity contribution in [1.82, 2.24) is 9.62 Å². The fraction of sp³-hybridized carbons (Fsp3) is 0.364. The van der Waals surface area contributed by atoms with Gasteiger partial charge in [-0.25, -0.2) is 12.8 Å². The van der Waals surface area contributed by atoms with E-state index in [9.17, 15) is 22.4 Å². The summed E-state index contributed by atoms with van der Waals surface area (Å²) in [5, 5.41) is 5.21. The topological polar surface area (TPSA) is 105 Å². The number of halogens is 1. The molecular weight excluding hydrogens is 437 g/mol. The first-order valence-corrected chi connectivity index (χ1v) is 11.7. The van der Waals surface area contributed by atoms with Crippen LogP contribution >= 0.6 is 0 Å². The maximum atomic E-state index is 13.9. The third kappa shape index (κ3) is 5.50. The molecule has 0 aromatic heterocycles. The summed E-state index contributed by atoms with van der Waals surface area (Å²) in [6.45, 7) is 4.66. The summed E-state index contributed by atoms with van der Waals surface area (Å²) in [7, 11) is -3.73. The van der Waals surface area contributed by atoms with Crippen LogP contribution in [0.15, 0.2) is 53.4 Å². The van der Waals surface area contributed by atoms with E-state index in [2.05, 4.69) is 10.6 Å². The molecule has 1 heterocycles. The Bertz CT molecular complexity index is 1080. The largest absolute Gasteiger partial charge is 0.379 e. The smallest absolute Gasteiger partial charge is 0.254 e. The monoisotopic (exact) mass is 463 g/mol. The van der Waals surface area contributed by atoms with E-state index in [-0.39, 0.29) is 35.2 Å². The summed E-state index contributed by atoms with van der Waals surface area (Å²) in [5.41, 5.74) is 0.111. The van der Waals surface area contributed by atoms with Crippen molar-refractivity contribution in [1.29, 1.82) is 0 Å². The summed E-state index contributed by atoms with van der Waals surface area (Å²) < 4.78 is 46.2. The normalized spacial score (nSPS) is 15.9. The maximum Gasteiger partial charge on any atom is 0.254 e. The molecule has 3 rings (SSSR count). The van der Waals surface area contributed by atoms with E-state index in [0.29, 0.717) is 13.2 Å². The van der Waals surface area contributed by atoms with E-state index < -0.39 is 33.7 Å². The summed E-state index contributed by atoms with van der Waals surface area (Å²) in [6.07, 6.45) is 0. The van der Waals surface area contributed by atoms with Gasteiger partial charge in [-0.1, -0.05) is 32.0 Å². The molecule has 0 saturated carbocycles. The van der Waals surface area contributed by atoms with Crippen molar-refractivity contribution in [3.63, 3.8) is 0 Å². The number of nitrogens with zero attached hydrogens (tertiary/aromatic N) is 1. The number of ether oxygens (including phenoxy) is 1. The van der Waals surface area contributed by atoms with Crippen LogP contribution in [0.2, 0.25) is 0 Å². The fourth-order valence-corrected chi connectivity index (χ4v) is 4.74. The first-order chi connectivity index (χ1) is 15.2. The molecule has 1 fully saturated rings. The molecule has 10 heteroatoms. The molecule has 0 unspecified atom stereocenters. The number of carbonyl (C=O) groups is 2. The Labute approximate surface area is 186 Å².